The summed E-state index contributed by atoms with van der Waals surface area (Å²) in [5, 5.41) is 3.65. The molecule has 0 bridgehead atoms. The lowest BCUT2D eigenvalue weighted by Gasteiger charge is -2.28. The van der Waals surface area contributed by atoms with Gasteiger partial charge in [-0.25, -0.2) is 0 Å². The van der Waals surface area contributed by atoms with Crippen molar-refractivity contribution in [2.75, 3.05) is 32.8 Å². The first-order valence-electron chi connectivity index (χ1n) is 6.83. The molecular formula is C13H28N2O. The van der Waals surface area contributed by atoms with Gasteiger partial charge in [-0.05, 0) is 26.2 Å². The zero-order valence-electron chi connectivity index (χ0n) is 11.2. The van der Waals surface area contributed by atoms with Crippen molar-refractivity contribution >= 4 is 0 Å². The van der Waals surface area contributed by atoms with Crippen LogP contribution >= 0.6 is 0 Å². The van der Waals surface area contributed by atoms with Gasteiger partial charge in [0, 0.05) is 38.3 Å². The summed E-state index contributed by atoms with van der Waals surface area (Å²) in [5.41, 5.74) is 0. The monoisotopic (exact) mass is 228 g/mol. The molecule has 1 N–H and O–H groups in total. The first-order chi connectivity index (χ1) is 7.77. The third kappa shape index (κ3) is 4.81. The Morgan fingerprint density at radius 1 is 1.19 bits per heavy atom. The first-order valence-corrected chi connectivity index (χ1v) is 6.83. The van der Waals surface area contributed by atoms with Crippen LogP contribution in [0.4, 0.5) is 0 Å². The van der Waals surface area contributed by atoms with Crippen molar-refractivity contribution in [1.29, 1.82) is 0 Å². The Balaban J connectivity index is 2.24. The molecule has 0 aliphatic carbocycles. The highest BCUT2D eigenvalue weighted by Crippen LogP contribution is 2.05. The van der Waals surface area contributed by atoms with Gasteiger partial charge in [0.1, 0.15) is 0 Å². The molecule has 0 radical (unpaired) electrons. The average molecular weight is 228 g/mol. The van der Waals surface area contributed by atoms with E-state index in [1.807, 2.05) is 0 Å². The Labute approximate surface area is 101 Å². The third-order valence-electron chi connectivity index (χ3n) is 3.57. The Bertz CT molecular complexity index is 163. The molecule has 3 heteroatoms. The fraction of sp³-hybridized carbons (Fsp3) is 1.00. The minimum atomic E-state index is 0.627. The van der Waals surface area contributed by atoms with E-state index < -0.39 is 0 Å². The lowest BCUT2D eigenvalue weighted by atomic mass is 10.1. The van der Waals surface area contributed by atoms with Crippen molar-refractivity contribution in [2.45, 2.75) is 52.1 Å². The summed E-state index contributed by atoms with van der Waals surface area (Å²) in [7, 11) is 0. The predicted molar refractivity (Wildman–Crippen MR) is 68.8 cm³/mol. The van der Waals surface area contributed by atoms with Crippen molar-refractivity contribution in [1.82, 2.24) is 10.2 Å². The molecule has 0 amide bonds. The molecule has 1 atom stereocenters. The molecule has 0 aromatic heterocycles. The second kappa shape index (κ2) is 8.04. The summed E-state index contributed by atoms with van der Waals surface area (Å²) < 4.78 is 5.48. The number of nitrogens with one attached hydrogen (secondary N) is 1. The van der Waals surface area contributed by atoms with Crippen LogP contribution in [-0.4, -0.2) is 49.8 Å². The predicted octanol–water partition coefficient (Wildman–Crippen LogP) is 1.88. The summed E-state index contributed by atoms with van der Waals surface area (Å²) in [4.78, 5) is 2.54. The minimum Gasteiger partial charge on any atom is -0.380 e. The van der Waals surface area contributed by atoms with Crippen molar-refractivity contribution in [2.24, 2.45) is 0 Å². The van der Waals surface area contributed by atoms with Gasteiger partial charge in [0.25, 0.3) is 0 Å². The van der Waals surface area contributed by atoms with E-state index in [0.717, 1.165) is 26.3 Å². The van der Waals surface area contributed by atoms with Crippen LogP contribution in [0.2, 0.25) is 0 Å². The number of nitrogens with zero attached hydrogens (tertiary/aromatic N) is 1. The van der Waals surface area contributed by atoms with Crippen LogP contribution in [0.15, 0.2) is 0 Å². The number of ether oxygens (including phenoxy) is 1. The third-order valence-corrected chi connectivity index (χ3v) is 3.57. The quantitative estimate of drug-likeness (QED) is 0.751. The van der Waals surface area contributed by atoms with E-state index in [0.29, 0.717) is 12.1 Å². The van der Waals surface area contributed by atoms with E-state index in [9.17, 15) is 0 Å². The highest BCUT2D eigenvalue weighted by molar-refractivity contribution is 4.73. The molecule has 1 rings (SSSR count). The van der Waals surface area contributed by atoms with Gasteiger partial charge in [-0.3, -0.25) is 4.90 Å². The molecule has 16 heavy (non-hydrogen) atoms. The Hall–Kier alpha value is -0.120. The second-order valence-corrected chi connectivity index (χ2v) is 4.77. The Morgan fingerprint density at radius 2 is 1.94 bits per heavy atom. The van der Waals surface area contributed by atoms with E-state index in [-0.39, 0.29) is 0 Å². The molecule has 0 spiro atoms. The summed E-state index contributed by atoms with van der Waals surface area (Å²) in [5.74, 6) is 0. The maximum Gasteiger partial charge on any atom is 0.0593 e. The summed E-state index contributed by atoms with van der Waals surface area (Å²) in [6.07, 6.45) is 3.63. The van der Waals surface area contributed by atoms with Gasteiger partial charge in [0.05, 0.1) is 6.61 Å². The van der Waals surface area contributed by atoms with E-state index in [1.165, 1.54) is 25.8 Å². The normalized spacial score (nSPS) is 21.0. The molecule has 1 aliphatic heterocycles. The molecule has 96 valence electrons. The maximum atomic E-state index is 5.48. The van der Waals surface area contributed by atoms with Gasteiger partial charge in [-0.15, -0.1) is 0 Å². The molecule has 1 unspecified atom stereocenters. The van der Waals surface area contributed by atoms with Crippen LogP contribution < -0.4 is 5.32 Å². The van der Waals surface area contributed by atoms with Crippen LogP contribution in [0.1, 0.15) is 40.0 Å². The van der Waals surface area contributed by atoms with Crippen molar-refractivity contribution in [3.05, 3.63) is 0 Å². The standard InChI is InChI=1S/C13H28N2O/c1-4-13(5-2)14-11-12(3)15-7-6-9-16-10-8-15/h12-14H,4-11H2,1-3H3. The van der Waals surface area contributed by atoms with Crippen molar-refractivity contribution in [3.8, 4) is 0 Å². The lowest BCUT2D eigenvalue weighted by molar-refractivity contribution is 0.133. The van der Waals surface area contributed by atoms with Crippen LogP contribution in [0.3, 0.4) is 0 Å². The van der Waals surface area contributed by atoms with Crippen LogP contribution in [-0.2, 0) is 4.74 Å². The highest BCUT2D eigenvalue weighted by Gasteiger charge is 2.16. The number of hydrogen-bond acceptors (Lipinski definition) is 3. The molecule has 3 nitrogen and oxygen atoms in total. The summed E-state index contributed by atoms with van der Waals surface area (Å²) in [6.45, 7) is 12.0. The van der Waals surface area contributed by atoms with E-state index in [2.05, 4.69) is 31.0 Å². The molecule has 0 saturated carbocycles. The minimum absolute atomic E-state index is 0.627. The second-order valence-electron chi connectivity index (χ2n) is 4.77. The molecule has 0 aromatic rings. The smallest absolute Gasteiger partial charge is 0.0593 e. The van der Waals surface area contributed by atoms with Gasteiger partial charge >= 0.3 is 0 Å². The zero-order chi connectivity index (χ0) is 11.8. The molecule has 1 heterocycles. The lowest BCUT2D eigenvalue weighted by Crippen LogP contribution is -2.44. The van der Waals surface area contributed by atoms with E-state index >= 15 is 0 Å². The number of hydrogen-bond donors (Lipinski definition) is 1. The van der Waals surface area contributed by atoms with E-state index in [4.69, 9.17) is 4.74 Å². The molecular weight excluding hydrogens is 200 g/mol. The molecule has 1 aliphatic rings. The largest absolute Gasteiger partial charge is 0.380 e. The maximum absolute atomic E-state index is 5.48. The highest BCUT2D eigenvalue weighted by atomic mass is 16.5. The Kier molecular flexibility index (Phi) is 7.01. The van der Waals surface area contributed by atoms with Gasteiger partial charge in [0.15, 0.2) is 0 Å². The topological polar surface area (TPSA) is 24.5 Å². The fourth-order valence-electron chi connectivity index (χ4n) is 2.25. The average Bonchev–Trinajstić information content (AvgIpc) is 2.58. The van der Waals surface area contributed by atoms with Gasteiger partial charge in [-0.2, -0.15) is 0 Å². The van der Waals surface area contributed by atoms with Gasteiger partial charge in [0.2, 0.25) is 0 Å². The number of rotatable bonds is 6. The summed E-state index contributed by atoms with van der Waals surface area (Å²) >= 11 is 0. The first kappa shape index (κ1) is 13.9. The zero-order valence-corrected chi connectivity index (χ0v) is 11.2. The van der Waals surface area contributed by atoms with Crippen molar-refractivity contribution < 1.29 is 4.74 Å². The van der Waals surface area contributed by atoms with Gasteiger partial charge in [-0.1, -0.05) is 13.8 Å². The molecule has 1 fully saturated rings. The SMILES string of the molecule is CCC(CC)NCC(C)N1CCCOCC1. The van der Waals surface area contributed by atoms with Crippen LogP contribution in [0, 0.1) is 0 Å². The van der Waals surface area contributed by atoms with Gasteiger partial charge < -0.3 is 10.1 Å². The van der Waals surface area contributed by atoms with Crippen LogP contribution in [0.25, 0.3) is 0 Å². The van der Waals surface area contributed by atoms with Crippen molar-refractivity contribution in [3.63, 3.8) is 0 Å². The molecule has 0 aromatic carbocycles. The van der Waals surface area contributed by atoms with E-state index in [1.54, 1.807) is 0 Å². The Morgan fingerprint density at radius 3 is 2.62 bits per heavy atom. The fourth-order valence-corrected chi connectivity index (χ4v) is 2.25. The summed E-state index contributed by atoms with van der Waals surface area (Å²) in [6, 6.07) is 1.31. The van der Waals surface area contributed by atoms with Crippen LogP contribution in [0.5, 0.6) is 0 Å². The molecule has 1 saturated heterocycles.